The molecule has 1 aliphatic rings. The van der Waals surface area contributed by atoms with E-state index >= 15 is 0 Å². The van der Waals surface area contributed by atoms with E-state index in [1.165, 1.54) is 0 Å². The van der Waals surface area contributed by atoms with Crippen LogP contribution in [0.3, 0.4) is 0 Å². The van der Waals surface area contributed by atoms with Gasteiger partial charge in [0.25, 0.3) is 0 Å². The van der Waals surface area contributed by atoms with Gasteiger partial charge in [0.05, 0.1) is 11.4 Å². The number of nitrogens with zero attached hydrogens (tertiary/aromatic N) is 1. The lowest BCUT2D eigenvalue weighted by Crippen LogP contribution is -2.31. The van der Waals surface area contributed by atoms with Crippen molar-refractivity contribution in [2.75, 3.05) is 6.61 Å². The minimum Gasteiger partial charge on any atom is -0.465 e. The molecule has 0 radical (unpaired) electrons. The smallest absolute Gasteiger partial charge is 0.327 e. The zero-order chi connectivity index (χ0) is 18.9. The van der Waals surface area contributed by atoms with E-state index in [2.05, 4.69) is 0 Å². The fourth-order valence-corrected chi connectivity index (χ4v) is 4.94. The molecule has 3 rings (SSSR count). The summed E-state index contributed by atoms with van der Waals surface area (Å²) in [6.45, 7) is 7.85. The summed E-state index contributed by atoms with van der Waals surface area (Å²) in [6.07, 6.45) is 0. The Labute approximate surface area is 157 Å². The third kappa shape index (κ3) is 2.99. The molecule has 0 saturated carbocycles. The molecule has 138 valence electrons. The molecule has 1 fully saturated rings. The monoisotopic (exact) mass is 371 g/mol. The Balaban J connectivity index is 2.20. The van der Waals surface area contributed by atoms with Gasteiger partial charge < -0.3 is 4.74 Å². The maximum Gasteiger partial charge on any atom is 0.327 e. The second-order valence-corrected chi connectivity index (χ2v) is 9.46. The van der Waals surface area contributed by atoms with E-state index in [1.54, 1.807) is 11.2 Å². The minimum atomic E-state index is -1.37. The largest absolute Gasteiger partial charge is 0.465 e. The molecule has 0 bridgehead atoms. The SMILES string of the molecule is CCOC(=O)[C@H]1N(S(=O)C(C)(C)C)C1(c1ccccc1)c1ccccc1. The van der Waals surface area contributed by atoms with E-state index in [4.69, 9.17) is 4.74 Å². The number of rotatable bonds is 5. The van der Waals surface area contributed by atoms with E-state index in [0.29, 0.717) is 6.61 Å². The van der Waals surface area contributed by atoms with Gasteiger partial charge in [-0.05, 0) is 38.8 Å². The van der Waals surface area contributed by atoms with Crippen LogP contribution in [0, 0.1) is 0 Å². The van der Waals surface area contributed by atoms with Crippen molar-refractivity contribution < 1.29 is 13.7 Å². The summed E-state index contributed by atoms with van der Waals surface area (Å²) < 4.78 is 20.0. The standard InChI is InChI=1S/C21H25NO3S/c1-5-25-19(23)18-21(16-12-8-6-9-13-16,17-14-10-7-11-15-17)22(18)26(24)20(2,3)4/h6-15,18H,5H2,1-4H3/t18-,22?,26?/m1/s1. The van der Waals surface area contributed by atoms with Crippen molar-refractivity contribution in [3.8, 4) is 0 Å². The first kappa shape index (κ1) is 18.8. The highest BCUT2D eigenvalue weighted by Crippen LogP contribution is 2.57. The van der Waals surface area contributed by atoms with E-state index in [-0.39, 0.29) is 5.97 Å². The molecule has 0 amide bonds. The highest BCUT2D eigenvalue weighted by atomic mass is 32.2. The van der Waals surface area contributed by atoms with Crippen LogP contribution in [-0.2, 0) is 26.1 Å². The van der Waals surface area contributed by atoms with Crippen LogP contribution in [0.25, 0.3) is 0 Å². The maximum atomic E-state index is 13.3. The summed E-state index contributed by atoms with van der Waals surface area (Å²) in [5, 5.41) is 0. The molecule has 0 aliphatic carbocycles. The van der Waals surface area contributed by atoms with Gasteiger partial charge in [-0.1, -0.05) is 60.7 Å². The first-order valence-electron chi connectivity index (χ1n) is 8.84. The number of benzene rings is 2. The maximum absolute atomic E-state index is 13.3. The number of carbonyl (C=O) groups excluding carboxylic acids is 1. The highest BCUT2D eigenvalue weighted by Gasteiger charge is 2.72. The predicted octanol–water partition coefficient (Wildman–Crippen LogP) is 3.64. The fourth-order valence-electron chi connectivity index (χ4n) is 3.40. The number of esters is 1. The number of ether oxygens (including phenoxy) is 1. The molecule has 3 atom stereocenters. The Morgan fingerprint density at radius 2 is 1.50 bits per heavy atom. The molecule has 2 unspecified atom stereocenters. The predicted molar refractivity (Wildman–Crippen MR) is 104 cm³/mol. The zero-order valence-electron chi connectivity index (χ0n) is 15.6. The van der Waals surface area contributed by atoms with Gasteiger partial charge in [-0.3, -0.25) is 4.79 Å². The van der Waals surface area contributed by atoms with Gasteiger partial charge in [0.1, 0.15) is 22.6 Å². The van der Waals surface area contributed by atoms with Gasteiger partial charge in [-0.25, -0.2) is 4.21 Å². The summed E-state index contributed by atoms with van der Waals surface area (Å²) in [5.74, 6) is -0.335. The molecule has 2 aromatic carbocycles. The van der Waals surface area contributed by atoms with Gasteiger partial charge >= 0.3 is 5.97 Å². The van der Waals surface area contributed by atoms with Crippen LogP contribution in [0.4, 0.5) is 0 Å². The van der Waals surface area contributed by atoms with Crippen LogP contribution < -0.4 is 0 Å². The molecular formula is C21H25NO3S. The Morgan fingerprint density at radius 1 is 1.04 bits per heavy atom. The summed E-state index contributed by atoms with van der Waals surface area (Å²) >= 11 is 0. The lowest BCUT2D eigenvalue weighted by molar-refractivity contribution is -0.143. The van der Waals surface area contributed by atoms with Crippen LogP contribution in [0.1, 0.15) is 38.8 Å². The topological polar surface area (TPSA) is 46.4 Å². The van der Waals surface area contributed by atoms with Crippen LogP contribution in [0.15, 0.2) is 60.7 Å². The van der Waals surface area contributed by atoms with Gasteiger partial charge in [0.15, 0.2) is 0 Å². The Morgan fingerprint density at radius 3 is 1.88 bits per heavy atom. The van der Waals surface area contributed by atoms with E-state index in [1.807, 2.05) is 81.4 Å². The summed E-state index contributed by atoms with van der Waals surface area (Å²) in [6, 6.07) is 19.0. The zero-order valence-corrected chi connectivity index (χ0v) is 16.5. The molecule has 0 spiro atoms. The molecule has 5 heteroatoms. The first-order valence-corrected chi connectivity index (χ1v) is 9.94. The lowest BCUT2D eigenvalue weighted by Gasteiger charge is -2.23. The molecular weight excluding hydrogens is 346 g/mol. The van der Waals surface area contributed by atoms with Crippen LogP contribution in [0.2, 0.25) is 0 Å². The van der Waals surface area contributed by atoms with Crippen molar-refractivity contribution in [1.29, 1.82) is 0 Å². The molecule has 4 nitrogen and oxygen atoms in total. The molecule has 1 heterocycles. The van der Waals surface area contributed by atoms with Crippen molar-refractivity contribution >= 4 is 17.0 Å². The molecule has 0 aromatic heterocycles. The summed E-state index contributed by atoms with van der Waals surface area (Å²) in [4.78, 5) is 12.8. The third-order valence-electron chi connectivity index (χ3n) is 4.55. The second kappa shape index (κ2) is 6.97. The van der Waals surface area contributed by atoms with Gasteiger partial charge in [0.2, 0.25) is 0 Å². The van der Waals surface area contributed by atoms with Gasteiger partial charge in [-0.2, -0.15) is 4.31 Å². The molecule has 26 heavy (non-hydrogen) atoms. The number of carbonyl (C=O) groups is 1. The summed E-state index contributed by atoms with van der Waals surface area (Å²) in [7, 11) is -1.37. The van der Waals surface area contributed by atoms with Crippen molar-refractivity contribution in [3.05, 3.63) is 71.8 Å². The van der Waals surface area contributed by atoms with Crippen LogP contribution in [-0.4, -0.2) is 31.9 Å². The van der Waals surface area contributed by atoms with Crippen molar-refractivity contribution in [2.45, 2.75) is 44.0 Å². The third-order valence-corrected chi connectivity index (χ3v) is 6.45. The van der Waals surface area contributed by atoms with Crippen LogP contribution in [0.5, 0.6) is 0 Å². The van der Waals surface area contributed by atoms with Crippen molar-refractivity contribution in [2.24, 2.45) is 0 Å². The first-order chi connectivity index (χ1) is 12.3. The van der Waals surface area contributed by atoms with E-state index in [9.17, 15) is 9.00 Å². The molecule has 2 aromatic rings. The Hall–Kier alpha value is -1.98. The van der Waals surface area contributed by atoms with E-state index < -0.39 is 27.3 Å². The Bertz CT molecular complexity index is 760. The number of hydrogen-bond acceptors (Lipinski definition) is 3. The number of hydrogen-bond donors (Lipinski definition) is 0. The molecule has 1 saturated heterocycles. The van der Waals surface area contributed by atoms with Gasteiger partial charge in [0, 0.05) is 0 Å². The molecule has 1 aliphatic heterocycles. The highest BCUT2D eigenvalue weighted by molar-refractivity contribution is 7.84. The second-order valence-electron chi connectivity index (χ2n) is 7.34. The summed E-state index contributed by atoms with van der Waals surface area (Å²) in [5.41, 5.74) is 1.12. The van der Waals surface area contributed by atoms with Gasteiger partial charge in [-0.15, -0.1) is 0 Å². The quantitative estimate of drug-likeness (QED) is 0.595. The average molecular weight is 372 g/mol. The molecule has 0 N–H and O–H groups in total. The lowest BCUT2D eigenvalue weighted by atomic mass is 9.87. The Kier molecular flexibility index (Phi) is 5.04. The van der Waals surface area contributed by atoms with Crippen molar-refractivity contribution in [1.82, 2.24) is 4.31 Å². The van der Waals surface area contributed by atoms with Crippen LogP contribution >= 0.6 is 0 Å². The van der Waals surface area contributed by atoms with E-state index in [0.717, 1.165) is 11.1 Å². The minimum absolute atomic E-state index is 0.297. The van der Waals surface area contributed by atoms with Crippen molar-refractivity contribution in [3.63, 3.8) is 0 Å². The fraction of sp³-hybridized carbons (Fsp3) is 0.381. The normalized spacial score (nSPS) is 22.5. The average Bonchev–Trinajstić information content (AvgIpc) is 3.33.